The molecule has 0 bridgehead atoms. The van der Waals surface area contributed by atoms with E-state index in [0.29, 0.717) is 45.6 Å². The lowest BCUT2D eigenvalue weighted by molar-refractivity contribution is -0.138. The van der Waals surface area contributed by atoms with Crippen LogP contribution < -0.4 is 0 Å². The molecule has 0 aromatic heterocycles. The number of rotatable bonds is 3. The number of carbonyl (C=O) groups excluding carboxylic acids is 3. The summed E-state index contributed by atoms with van der Waals surface area (Å²) >= 11 is 0. The minimum absolute atomic E-state index is 0.0537. The van der Waals surface area contributed by atoms with Crippen LogP contribution in [0.3, 0.4) is 0 Å². The van der Waals surface area contributed by atoms with Crippen molar-refractivity contribution in [2.24, 2.45) is 0 Å². The third-order valence-corrected chi connectivity index (χ3v) is 3.81. The van der Waals surface area contributed by atoms with Gasteiger partial charge in [0.15, 0.2) is 0 Å². The van der Waals surface area contributed by atoms with Gasteiger partial charge in [-0.3, -0.25) is 9.59 Å². The normalized spacial score (nSPS) is 23.0. The van der Waals surface area contributed by atoms with E-state index in [9.17, 15) is 14.4 Å². The van der Waals surface area contributed by atoms with Crippen molar-refractivity contribution in [1.82, 2.24) is 14.7 Å². The van der Waals surface area contributed by atoms with Crippen LogP contribution in [0.2, 0.25) is 0 Å². The first-order valence-corrected chi connectivity index (χ1v) is 6.92. The highest BCUT2D eigenvalue weighted by molar-refractivity contribution is 5.77. The van der Waals surface area contributed by atoms with E-state index >= 15 is 0 Å². The van der Waals surface area contributed by atoms with E-state index in [1.54, 1.807) is 23.8 Å². The van der Waals surface area contributed by atoms with Crippen molar-refractivity contribution in [2.45, 2.75) is 25.9 Å². The van der Waals surface area contributed by atoms with Crippen LogP contribution in [0.4, 0.5) is 4.79 Å². The molecule has 112 valence electrons. The SMILES string of the molecule is CC(=O)N1CCN(C(=O)CCC2CN(C)C(=O)O2)CC1. The lowest BCUT2D eigenvalue weighted by Crippen LogP contribution is -2.50. The van der Waals surface area contributed by atoms with Gasteiger partial charge in [0, 0.05) is 46.6 Å². The number of cyclic esters (lactones) is 1. The summed E-state index contributed by atoms with van der Waals surface area (Å²) in [5.41, 5.74) is 0. The van der Waals surface area contributed by atoms with Crippen molar-refractivity contribution >= 4 is 17.9 Å². The average Bonchev–Trinajstić information content (AvgIpc) is 2.75. The molecule has 0 aromatic carbocycles. The Morgan fingerprint density at radius 3 is 2.30 bits per heavy atom. The van der Waals surface area contributed by atoms with Crippen molar-refractivity contribution in [3.8, 4) is 0 Å². The second kappa shape index (κ2) is 6.11. The number of hydrogen-bond donors (Lipinski definition) is 0. The molecule has 0 aromatic rings. The highest BCUT2D eigenvalue weighted by atomic mass is 16.6. The van der Waals surface area contributed by atoms with Crippen LogP contribution in [0, 0.1) is 0 Å². The maximum absolute atomic E-state index is 12.1. The fourth-order valence-corrected chi connectivity index (χ4v) is 2.51. The Morgan fingerprint density at radius 2 is 1.80 bits per heavy atom. The molecule has 3 amide bonds. The van der Waals surface area contributed by atoms with E-state index in [1.807, 2.05) is 0 Å². The van der Waals surface area contributed by atoms with Gasteiger partial charge in [-0.05, 0) is 6.42 Å². The average molecular weight is 283 g/mol. The van der Waals surface area contributed by atoms with Crippen LogP contribution in [0.5, 0.6) is 0 Å². The van der Waals surface area contributed by atoms with Gasteiger partial charge in [-0.25, -0.2) is 4.79 Å². The Bertz CT molecular complexity index is 404. The summed E-state index contributed by atoms with van der Waals surface area (Å²) in [5, 5.41) is 0. The summed E-state index contributed by atoms with van der Waals surface area (Å²) in [6.07, 6.45) is 0.431. The van der Waals surface area contributed by atoms with E-state index in [2.05, 4.69) is 0 Å². The van der Waals surface area contributed by atoms with E-state index < -0.39 is 0 Å². The number of nitrogens with zero attached hydrogens (tertiary/aromatic N) is 3. The molecule has 1 unspecified atom stereocenters. The zero-order valence-corrected chi connectivity index (χ0v) is 12.0. The number of carbonyl (C=O) groups is 3. The van der Waals surface area contributed by atoms with Crippen LogP contribution in [-0.2, 0) is 14.3 Å². The summed E-state index contributed by atoms with van der Waals surface area (Å²) in [6, 6.07) is 0. The molecule has 1 atom stereocenters. The largest absolute Gasteiger partial charge is 0.444 e. The first-order valence-electron chi connectivity index (χ1n) is 6.92. The van der Waals surface area contributed by atoms with Crippen molar-refractivity contribution in [3.05, 3.63) is 0 Å². The molecule has 2 rings (SSSR count). The number of amides is 3. The van der Waals surface area contributed by atoms with E-state index in [-0.39, 0.29) is 24.0 Å². The quantitative estimate of drug-likeness (QED) is 0.725. The fraction of sp³-hybridized carbons (Fsp3) is 0.769. The van der Waals surface area contributed by atoms with Crippen LogP contribution in [0.15, 0.2) is 0 Å². The number of ether oxygens (including phenoxy) is 1. The second-order valence-corrected chi connectivity index (χ2v) is 5.31. The van der Waals surface area contributed by atoms with Gasteiger partial charge in [-0.2, -0.15) is 0 Å². The van der Waals surface area contributed by atoms with Gasteiger partial charge in [0.2, 0.25) is 11.8 Å². The Balaban J connectivity index is 1.71. The molecule has 20 heavy (non-hydrogen) atoms. The molecule has 7 heteroatoms. The van der Waals surface area contributed by atoms with Gasteiger partial charge in [-0.1, -0.05) is 0 Å². The Hall–Kier alpha value is -1.79. The number of piperazine rings is 1. The van der Waals surface area contributed by atoms with Gasteiger partial charge in [-0.15, -0.1) is 0 Å². The molecule has 2 aliphatic rings. The van der Waals surface area contributed by atoms with Gasteiger partial charge in [0.1, 0.15) is 6.10 Å². The van der Waals surface area contributed by atoms with Gasteiger partial charge >= 0.3 is 6.09 Å². The molecule has 2 heterocycles. The highest BCUT2D eigenvalue weighted by Gasteiger charge is 2.29. The Kier molecular flexibility index (Phi) is 4.46. The summed E-state index contributed by atoms with van der Waals surface area (Å²) in [7, 11) is 1.69. The molecule has 0 aliphatic carbocycles. The zero-order chi connectivity index (χ0) is 14.7. The minimum atomic E-state index is -0.322. The molecule has 0 spiro atoms. The number of hydrogen-bond acceptors (Lipinski definition) is 4. The topological polar surface area (TPSA) is 70.2 Å². The smallest absolute Gasteiger partial charge is 0.409 e. The maximum Gasteiger partial charge on any atom is 0.409 e. The fourth-order valence-electron chi connectivity index (χ4n) is 2.51. The molecule has 7 nitrogen and oxygen atoms in total. The lowest BCUT2D eigenvalue weighted by Gasteiger charge is -2.34. The number of likely N-dealkylation sites (N-methyl/N-ethyl adjacent to an activating group) is 1. The first-order chi connectivity index (χ1) is 9.47. The van der Waals surface area contributed by atoms with E-state index in [0.717, 1.165) is 0 Å². The van der Waals surface area contributed by atoms with Crippen LogP contribution in [0.25, 0.3) is 0 Å². The molecule has 2 aliphatic heterocycles. The van der Waals surface area contributed by atoms with Gasteiger partial charge in [0.05, 0.1) is 6.54 Å². The third-order valence-electron chi connectivity index (χ3n) is 3.81. The van der Waals surface area contributed by atoms with Crippen LogP contribution in [0.1, 0.15) is 19.8 Å². The first kappa shape index (κ1) is 14.6. The van der Waals surface area contributed by atoms with E-state index in [4.69, 9.17) is 4.74 Å². The predicted octanol–water partition coefficient (Wildman–Crippen LogP) is -0.0921. The predicted molar refractivity (Wildman–Crippen MR) is 71.0 cm³/mol. The monoisotopic (exact) mass is 283 g/mol. The van der Waals surface area contributed by atoms with E-state index in [1.165, 1.54) is 4.90 Å². The molecule has 0 radical (unpaired) electrons. The molecule has 2 saturated heterocycles. The minimum Gasteiger partial charge on any atom is -0.444 e. The van der Waals surface area contributed by atoms with Crippen molar-refractivity contribution in [2.75, 3.05) is 39.8 Å². The molecule has 0 N–H and O–H groups in total. The summed E-state index contributed by atoms with van der Waals surface area (Å²) in [4.78, 5) is 39.5. The van der Waals surface area contributed by atoms with Gasteiger partial charge < -0.3 is 19.4 Å². The summed E-state index contributed by atoms with van der Waals surface area (Å²) < 4.78 is 5.12. The summed E-state index contributed by atoms with van der Waals surface area (Å²) in [5.74, 6) is 0.122. The van der Waals surface area contributed by atoms with Crippen molar-refractivity contribution in [1.29, 1.82) is 0 Å². The second-order valence-electron chi connectivity index (χ2n) is 5.31. The van der Waals surface area contributed by atoms with Gasteiger partial charge in [0.25, 0.3) is 0 Å². The Morgan fingerprint density at radius 1 is 1.20 bits per heavy atom. The van der Waals surface area contributed by atoms with Crippen molar-refractivity contribution < 1.29 is 19.1 Å². The third kappa shape index (κ3) is 3.40. The molecule has 2 fully saturated rings. The highest BCUT2D eigenvalue weighted by Crippen LogP contribution is 2.15. The summed E-state index contributed by atoms with van der Waals surface area (Å²) in [6.45, 7) is 4.46. The van der Waals surface area contributed by atoms with Crippen LogP contribution in [-0.4, -0.2) is 78.5 Å². The molecular formula is C13H21N3O4. The lowest BCUT2D eigenvalue weighted by atomic mass is 10.1. The molecule has 0 saturated carbocycles. The van der Waals surface area contributed by atoms with Crippen molar-refractivity contribution in [3.63, 3.8) is 0 Å². The molecular weight excluding hydrogens is 262 g/mol. The zero-order valence-electron chi connectivity index (χ0n) is 12.0. The maximum atomic E-state index is 12.1. The standard InChI is InChI=1S/C13H21N3O4/c1-10(17)15-5-7-16(8-6-15)12(18)4-3-11-9-14(2)13(19)20-11/h11H,3-9H2,1-2H3. The Labute approximate surface area is 118 Å². The van der Waals surface area contributed by atoms with Crippen LogP contribution >= 0.6 is 0 Å².